The van der Waals surface area contributed by atoms with Gasteiger partial charge in [-0.2, -0.15) is 0 Å². The molecule has 0 aromatic carbocycles. The molecule has 0 fully saturated rings. The highest BCUT2D eigenvalue weighted by Gasteiger charge is 2.16. The molecule has 0 radical (unpaired) electrons. The van der Waals surface area contributed by atoms with Crippen LogP contribution in [0.2, 0.25) is 0 Å². The van der Waals surface area contributed by atoms with Gasteiger partial charge in [0.1, 0.15) is 12.1 Å². The van der Waals surface area contributed by atoms with Gasteiger partial charge in [0.25, 0.3) is 0 Å². The summed E-state index contributed by atoms with van der Waals surface area (Å²) in [7, 11) is 1.50. The zero-order chi connectivity index (χ0) is 9.56. The Kier molecular flexibility index (Phi) is 4.92. The second-order valence-electron chi connectivity index (χ2n) is 2.59. The molecular weight excluding hydrogens is 158 g/mol. The van der Waals surface area contributed by atoms with Crippen molar-refractivity contribution in [2.45, 2.75) is 19.8 Å². The van der Waals surface area contributed by atoms with Crippen LogP contribution in [0.3, 0.4) is 0 Å². The number of amides is 1. The molecule has 0 aliphatic heterocycles. The largest absolute Gasteiger partial charge is 0.359 e. The number of hydrogen-bond donors (Lipinski definition) is 1. The molecule has 1 unspecified atom stereocenters. The van der Waals surface area contributed by atoms with Crippen LogP contribution in [0.4, 0.5) is 0 Å². The second-order valence-corrected chi connectivity index (χ2v) is 2.59. The molecule has 1 amide bonds. The van der Waals surface area contributed by atoms with Crippen LogP contribution >= 0.6 is 0 Å². The molecule has 1 atom stereocenters. The summed E-state index contributed by atoms with van der Waals surface area (Å²) in [5.41, 5.74) is 0. The molecule has 0 aliphatic carbocycles. The highest BCUT2D eigenvalue weighted by molar-refractivity contribution is 5.86. The van der Waals surface area contributed by atoms with Crippen LogP contribution < -0.4 is 5.32 Å². The van der Waals surface area contributed by atoms with Crippen molar-refractivity contribution in [2.24, 2.45) is 5.92 Å². The van der Waals surface area contributed by atoms with Crippen molar-refractivity contribution < 1.29 is 14.4 Å². The van der Waals surface area contributed by atoms with Gasteiger partial charge in [-0.05, 0) is 6.92 Å². The number of aldehydes is 1. The zero-order valence-electron chi connectivity index (χ0n) is 7.29. The number of carbonyl (C=O) groups excluding carboxylic acids is 3. The monoisotopic (exact) mass is 171 g/mol. The topological polar surface area (TPSA) is 63.2 Å². The molecule has 0 rings (SSSR count). The second kappa shape index (κ2) is 5.46. The van der Waals surface area contributed by atoms with Crippen molar-refractivity contribution in [1.29, 1.82) is 0 Å². The molecule has 0 spiro atoms. The Hall–Kier alpha value is -1.19. The Morgan fingerprint density at radius 1 is 1.50 bits per heavy atom. The lowest BCUT2D eigenvalue weighted by molar-refractivity contribution is -0.128. The Bertz CT molecular complexity index is 189. The zero-order valence-corrected chi connectivity index (χ0v) is 7.29. The number of rotatable bonds is 5. The summed E-state index contributed by atoms with van der Waals surface area (Å²) in [6.07, 6.45) is 0.891. The van der Waals surface area contributed by atoms with Crippen LogP contribution in [-0.4, -0.2) is 25.0 Å². The summed E-state index contributed by atoms with van der Waals surface area (Å²) in [5, 5.41) is 2.40. The number of Topliss-reactive ketones (excluding diaryl/α,β-unsaturated/α-hetero) is 1. The predicted molar refractivity (Wildman–Crippen MR) is 43.5 cm³/mol. The van der Waals surface area contributed by atoms with Crippen molar-refractivity contribution in [3.05, 3.63) is 0 Å². The van der Waals surface area contributed by atoms with Gasteiger partial charge in [-0.1, -0.05) is 0 Å². The van der Waals surface area contributed by atoms with E-state index in [-0.39, 0.29) is 24.5 Å². The first-order valence-electron chi connectivity index (χ1n) is 3.76. The summed E-state index contributed by atoms with van der Waals surface area (Å²) in [6, 6.07) is 0. The molecule has 0 aromatic rings. The van der Waals surface area contributed by atoms with Gasteiger partial charge in [-0.15, -0.1) is 0 Å². The molecule has 0 saturated carbocycles. The van der Waals surface area contributed by atoms with E-state index >= 15 is 0 Å². The molecule has 0 aromatic heterocycles. The number of ketones is 1. The molecule has 0 saturated heterocycles. The predicted octanol–water partition coefficient (Wildman–Crippen LogP) is -0.0833. The van der Waals surface area contributed by atoms with Gasteiger partial charge in [0, 0.05) is 25.8 Å². The van der Waals surface area contributed by atoms with Crippen LogP contribution in [0.1, 0.15) is 19.8 Å². The first-order chi connectivity index (χ1) is 5.61. The lowest BCUT2D eigenvalue weighted by Gasteiger charge is -2.07. The standard InChI is InChI=1S/C8H13NO3/c1-6(11)7(3-4-10)5-8(12)9-2/h4,7H,3,5H2,1-2H3,(H,9,12). The van der Waals surface area contributed by atoms with E-state index in [0.717, 1.165) is 0 Å². The fourth-order valence-electron chi connectivity index (χ4n) is 0.835. The van der Waals surface area contributed by atoms with Gasteiger partial charge in [0.2, 0.25) is 5.91 Å². The van der Waals surface area contributed by atoms with Crippen molar-refractivity contribution in [3.8, 4) is 0 Å². The Morgan fingerprint density at radius 3 is 2.42 bits per heavy atom. The van der Waals surface area contributed by atoms with E-state index in [9.17, 15) is 14.4 Å². The smallest absolute Gasteiger partial charge is 0.220 e. The van der Waals surface area contributed by atoms with E-state index in [1.165, 1.54) is 14.0 Å². The molecule has 1 N–H and O–H groups in total. The van der Waals surface area contributed by atoms with Crippen molar-refractivity contribution in [1.82, 2.24) is 5.32 Å². The molecular formula is C8H13NO3. The van der Waals surface area contributed by atoms with Crippen LogP contribution in [-0.2, 0) is 14.4 Å². The lowest BCUT2D eigenvalue weighted by atomic mass is 9.98. The molecule has 4 nitrogen and oxygen atoms in total. The van der Waals surface area contributed by atoms with Crippen LogP contribution in [0.15, 0.2) is 0 Å². The maximum atomic E-state index is 10.8. The Labute approximate surface area is 71.3 Å². The third kappa shape index (κ3) is 3.85. The summed E-state index contributed by atoms with van der Waals surface area (Å²) >= 11 is 0. The van der Waals surface area contributed by atoms with Gasteiger partial charge in [-0.3, -0.25) is 9.59 Å². The molecule has 0 heterocycles. The molecule has 0 bridgehead atoms. The number of nitrogens with one attached hydrogen (secondary N) is 1. The number of hydrogen-bond acceptors (Lipinski definition) is 3. The summed E-state index contributed by atoms with van der Waals surface area (Å²) in [4.78, 5) is 31.8. The maximum absolute atomic E-state index is 10.8. The van der Waals surface area contributed by atoms with Gasteiger partial charge in [0.05, 0.1) is 0 Å². The molecule has 12 heavy (non-hydrogen) atoms. The minimum absolute atomic E-state index is 0.102. The SMILES string of the molecule is CNC(=O)CC(CC=O)C(C)=O. The van der Waals surface area contributed by atoms with E-state index in [0.29, 0.717) is 6.29 Å². The van der Waals surface area contributed by atoms with Crippen LogP contribution in [0.5, 0.6) is 0 Å². The van der Waals surface area contributed by atoms with E-state index in [1.807, 2.05) is 0 Å². The maximum Gasteiger partial charge on any atom is 0.220 e. The average Bonchev–Trinajstić information content (AvgIpc) is 2.03. The minimum atomic E-state index is -0.456. The third-order valence-electron chi connectivity index (χ3n) is 1.67. The van der Waals surface area contributed by atoms with E-state index in [2.05, 4.69) is 5.32 Å². The highest BCUT2D eigenvalue weighted by Crippen LogP contribution is 2.07. The molecule has 0 aliphatic rings. The van der Waals surface area contributed by atoms with Crippen molar-refractivity contribution >= 4 is 18.0 Å². The van der Waals surface area contributed by atoms with Gasteiger partial charge < -0.3 is 10.1 Å². The fourth-order valence-corrected chi connectivity index (χ4v) is 0.835. The van der Waals surface area contributed by atoms with Gasteiger partial charge in [-0.25, -0.2) is 0 Å². The van der Waals surface area contributed by atoms with Crippen molar-refractivity contribution in [3.63, 3.8) is 0 Å². The van der Waals surface area contributed by atoms with E-state index in [1.54, 1.807) is 0 Å². The normalized spacial score (nSPS) is 11.8. The molecule has 68 valence electrons. The quantitative estimate of drug-likeness (QED) is 0.588. The first kappa shape index (κ1) is 10.8. The average molecular weight is 171 g/mol. The van der Waals surface area contributed by atoms with Crippen LogP contribution in [0.25, 0.3) is 0 Å². The van der Waals surface area contributed by atoms with E-state index < -0.39 is 5.92 Å². The summed E-state index contributed by atoms with van der Waals surface area (Å²) in [5.74, 6) is -0.787. The summed E-state index contributed by atoms with van der Waals surface area (Å²) in [6.45, 7) is 1.39. The first-order valence-corrected chi connectivity index (χ1v) is 3.76. The lowest BCUT2D eigenvalue weighted by Crippen LogP contribution is -2.24. The molecule has 4 heteroatoms. The van der Waals surface area contributed by atoms with Gasteiger partial charge in [0.15, 0.2) is 0 Å². The van der Waals surface area contributed by atoms with Gasteiger partial charge >= 0.3 is 0 Å². The Morgan fingerprint density at radius 2 is 2.08 bits per heavy atom. The fraction of sp³-hybridized carbons (Fsp3) is 0.625. The highest BCUT2D eigenvalue weighted by atomic mass is 16.2. The van der Waals surface area contributed by atoms with E-state index in [4.69, 9.17) is 0 Å². The summed E-state index contributed by atoms with van der Waals surface area (Å²) < 4.78 is 0. The number of carbonyl (C=O) groups is 3. The Balaban J connectivity index is 4.03. The van der Waals surface area contributed by atoms with Crippen molar-refractivity contribution in [2.75, 3.05) is 7.05 Å². The minimum Gasteiger partial charge on any atom is -0.359 e. The van der Waals surface area contributed by atoms with Crippen LogP contribution in [0, 0.1) is 5.92 Å². The third-order valence-corrected chi connectivity index (χ3v) is 1.67.